The molecule has 0 unspecified atom stereocenters. The van der Waals surface area contributed by atoms with Crippen LogP contribution in [0.2, 0.25) is 0 Å². The van der Waals surface area contributed by atoms with Crippen LogP contribution < -0.4 is 0 Å². The molecule has 0 saturated carbocycles. The first-order valence-corrected chi connectivity index (χ1v) is 17.1. The molecule has 4 heterocycles. The Bertz CT molecular complexity index is 1160. The lowest BCUT2D eigenvalue weighted by molar-refractivity contribution is -0.305. The number of ketones is 1. The third-order valence-corrected chi connectivity index (χ3v) is 10.1. The Labute approximate surface area is 288 Å². The van der Waals surface area contributed by atoms with Gasteiger partial charge in [-0.05, 0) is 52.2 Å². The molecule has 3 fully saturated rings. The number of rotatable bonds is 8. The van der Waals surface area contributed by atoms with E-state index >= 15 is 0 Å². The van der Waals surface area contributed by atoms with E-state index in [2.05, 4.69) is 0 Å². The van der Waals surface area contributed by atoms with Crippen molar-refractivity contribution in [1.82, 2.24) is 0 Å². The molecule has 0 amide bonds. The van der Waals surface area contributed by atoms with E-state index in [0.29, 0.717) is 6.42 Å². The van der Waals surface area contributed by atoms with Crippen molar-refractivity contribution in [2.75, 3.05) is 27.9 Å². The van der Waals surface area contributed by atoms with E-state index < -0.39 is 109 Å². The number of carbonyl (C=O) groups is 2. The Hall–Kier alpha value is -1.82. The van der Waals surface area contributed by atoms with Gasteiger partial charge in [-0.3, -0.25) is 4.79 Å². The molecule has 0 radical (unpaired) electrons. The zero-order valence-electron chi connectivity index (χ0n) is 30.0. The molecule has 0 bridgehead atoms. The van der Waals surface area contributed by atoms with E-state index in [4.69, 9.17) is 42.6 Å². The number of hydrogen-bond acceptors (Lipinski definition) is 14. The molecular weight excluding hydrogens is 644 g/mol. The number of cyclic esters (lactones) is 1. The molecule has 3 saturated heterocycles. The number of carbonyl (C=O) groups excluding carboxylic acids is 2. The second kappa shape index (κ2) is 17.1. The van der Waals surface area contributed by atoms with Crippen LogP contribution in [0.3, 0.4) is 0 Å². The number of ether oxygens (including phenoxy) is 9. The van der Waals surface area contributed by atoms with Gasteiger partial charge < -0.3 is 58.0 Å². The smallest absolute Gasteiger partial charge is 0.330 e. The van der Waals surface area contributed by atoms with Crippen LogP contribution in [-0.2, 0) is 52.2 Å². The van der Waals surface area contributed by atoms with Crippen LogP contribution in [0.4, 0.5) is 0 Å². The Morgan fingerprint density at radius 1 is 0.837 bits per heavy atom. The maximum absolute atomic E-state index is 13.3. The van der Waals surface area contributed by atoms with Crippen LogP contribution >= 0.6 is 0 Å². The van der Waals surface area contributed by atoms with Crippen LogP contribution in [0, 0.1) is 17.8 Å². The number of aliphatic hydroxyl groups is 3. The van der Waals surface area contributed by atoms with E-state index in [0.717, 1.165) is 0 Å². The third kappa shape index (κ3) is 9.74. The van der Waals surface area contributed by atoms with Gasteiger partial charge >= 0.3 is 5.97 Å². The van der Waals surface area contributed by atoms with Crippen molar-refractivity contribution in [2.24, 2.45) is 17.8 Å². The van der Waals surface area contributed by atoms with Gasteiger partial charge in [-0.15, -0.1) is 0 Å². The molecule has 49 heavy (non-hydrogen) atoms. The van der Waals surface area contributed by atoms with Crippen LogP contribution in [0.5, 0.6) is 0 Å². The van der Waals surface area contributed by atoms with Crippen LogP contribution in [0.15, 0.2) is 24.3 Å². The number of fused-ring (bicyclic) bond motifs is 1. The highest BCUT2D eigenvalue weighted by molar-refractivity contribution is 5.96. The molecule has 14 heteroatoms. The quantitative estimate of drug-likeness (QED) is 0.245. The average Bonchev–Trinajstić information content (AvgIpc) is 3.82. The van der Waals surface area contributed by atoms with Crippen molar-refractivity contribution in [3.8, 4) is 0 Å². The molecule has 14 nitrogen and oxygen atoms in total. The minimum atomic E-state index is -1.75. The van der Waals surface area contributed by atoms with Gasteiger partial charge in [0.1, 0.15) is 42.2 Å². The van der Waals surface area contributed by atoms with Gasteiger partial charge in [-0.25, -0.2) is 4.79 Å². The molecule has 0 aromatic heterocycles. The van der Waals surface area contributed by atoms with Crippen molar-refractivity contribution in [1.29, 1.82) is 0 Å². The lowest BCUT2D eigenvalue weighted by atomic mass is 9.82. The minimum absolute atomic E-state index is 0.0234. The number of esters is 1. The lowest BCUT2D eigenvalue weighted by Crippen LogP contribution is -2.59. The van der Waals surface area contributed by atoms with E-state index in [1.54, 1.807) is 26.0 Å². The van der Waals surface area contributed by atoms with Gasteiger partial charge in [0, 0.05) is 45.7 Å². The summed E-state index contributed by atoms with van der Waals surface area (Å²) in [4.78, 5) is 26.5. The van der Waals surface area contributed by atoms with Crippen molar-refractivity contribution < 1.29 is 67.5 Å². The normalized spacial score (nSPS) is 47.0. The van der Waals surface area contributed by atoms with Crippen molar-refractivity contribution in [2.45, 2.75) is 140 Å². The molecule has 4 rings (SSSR count). The Morgan fingerprint density at radius 3 is 2.18 bits per heavy atom. The summed E-state index contributed by atoms with van der Waals surface area (Å²) >= 11 is 0. The first-order chi connectivity index (χ1) is 23.1. The molecule has 280 valence electrons. The summed E-state index contributed by atoms with van der Waals surface area (Å²) in [5.74, 6) is -2.45. The zero-order valence-corrected chi connectivity index (χ0v) is 30.0. The molecular formula is C35H56O14. The number of methoxy groups -OCH3 is 3. The molecule has 17 atom stereocenters. The Kier molecular flexibility index (Phi) is 14.0. The second-order valence-electron chi connectivity index (χ2n) is 14.1. The van der Waals surface area contributed by atoms with Gasteiger partial charge in [-0.2, -0.15) is 0 Å². The zero-order chi connectivity index (χ0) is 36.2. The second-order valence-corrected chi connectivity index (χ2v) is 14.1. The SMILES string of the molecule is CO[C@@H]1[C@H](OC[C@@H]2[C@@H]3O[C@@H]3C=CC(=O)[C@](C)(O)C[C@@H](C)[C@H](O[C@H]3O[C@@H](C)C[C@@H](OC)[C@H]3O)[C@H](C)C=CC(=O)O[C@@H]2C)O[C@H](C)[C@H](O)[C@@H]1OC. The van der Waals surface area contributed by atoms with Gasteiger partial charge in [-0.1, -0.05) is 19.9 Å². The van der Waals surface area contributed by atoms with Crippen LogP contribution in [-0.4, -0.2) is 140 Å². The summed E-state index contributed by atoms with van der Waals surface area (Å²) in [5.41, 5.74) is -1.75. The molecule has 0 aromatic rings. The molecule has 0 spiro atoms. The van der Waals surface area contributed by atoms with Gasteiger partial charge in [0.2, 0.25) is 0 Å². The standard InChI is InChI=1S/C35H56O14/c1-17-10-13-26(37)46-20(4)22(16-44-34-32(43-9)31(42-8)27(38)21(5)47-34)30-23(48-30)11-12-25(36)35(6,40)15-18(2)29(17)49-33-28(39)24(41-7)14-19(3)45-33/h10-13,17-24,27-34,38-40H,14-16H2,1-9H3/t17-,18-,19+,20-,21-,22+,23-,24-,27+,28-,29-,30+,31+,32+,33-,34-,35-/m1/s1. The van der Waals surface area contributed by atoms with Crippen molar-refractivity contribution in [3.05, 3.63) is 24.3 Å². The third-order valence-electron chi connectivity index (χ3n) is 10.1. The number of epoxide rings is 1. The predicted octanol–water partition coefficient (Wildman–Crippen LogP) is 1.46. The first kappa shape index (κ1) is 40.0. The molecule has 4 aliphatic heterocycles. The molecule has 4 aliphatic rings. The summed E-state index contributed by atoms with van der Waals surface area (Å²) in [6.45, 7) is 10.4. The molecule has 0 aromatic carbocycles. The largest absolute Gasteiger partial charge is 0.459 e. The number of aliphatic hydroxyl groups excluding tert-OH is 2. The molecule has 0 aliphatic carbocycles. The van der Waals surface area contributed by atoms with E-state index in [1.165, 1.54) is 40.4 Å². The lowest BCUT2D eigenvalue weighted by Gasteiger charge is -2.42. The summed E-state index contributed by atoms with van der Waals surface area (Å²) in [6.07, 6.45) is -2.67. The fourth-order valence-corrected chi connectivity index (χ4v) is 7.12. The van der Waals surface area contributed by atoms with Gasteiger partial charge in [0.25, 0.3) is 0 Å². The van der Waals surface area contributed by atoms with E-state index in [1.807, 2.05) is 20.8 Å². The van der Waals surface area contributed by atoms with Crippen LogP contribution in [0.25, 0.3) is 0 Å². The first-order valence-electron chi connectivity index (χ1n) is 17.1. The summed E-state index contributed by atoms with van der Waals surface area (Å²) < 4.78 is 52.6. The van der Waals surface area contributed by atoms with Crippen LogP contribution in [0.1, 0.15) is 54.4 Å². The highest BCUT2D eigenvalue weighted by Crippen LogP contribution is 2.37. The molecule has 3 N–H and O–H groups in total. The van der Waals surface area contributed by atoms with E-state index in [9.17, 15) is 24.9 Å². The van der Waals surface area contributed by atoms with E-state index in [-0.39, 0.29) is 19.1 Å². The van der Waals surface area contributed by atoms with Crippen molar-refractivity contribution >= 4 is 11.8 Å². The minimum Gasteiger partial charge on any atom is -0.459 e. The van der Waals surface area contributed by atoms with Gasteiger partial charge in [0.15, 0.2) is 18.4 Å². The summed E-state index contributed by atoms with van der Waals surface area (Å²) in [7, 11) is 4.46. The van der Waals surface area contributed by atoms with Crippen molar-refractivity contribution in [3.63, 3.8) is 0 Å². The highest BCUT2D eigenvalue weighted by Gasteiger charge is 2.50. The predicted molar refractivity (Wildman–Crippen MR) is 173 cm³/mol. The highest BCUT2D eigenvalue weighted by atomic mass is 16.7. The topological polar surface area (TPSA) is 181 Å². The summed E-state index contributed by atoms with van der Waals surface area (Å²) in [6, 6.07) is 0. The Morgan fingerprint density at radius 2 is 1.53 bits per heavy atom. The number of hydrogen-bond donors (Lipinski definition) is 3. The average molecular weight is 701 g/mol. The fourth-order valence-electron chi connectivity index (χ4n) is 7.12. The maximum atomic E-state index is 13.3. The Balaban J connectivity index is 1.56. The monoisotopic (exact) mass is 700 g/mol. The fraction of sp³-hybridized carbons (Fsp3) is 0.829. The maximum Gasteiger partial charge on any atom is 0.330 e. The summed E-state index contributed by atoms with van der Waals surface area (Å²) in [5, 5.41) is 32.8. The van der Waals surface area contributed by atoms with Gasteiger partial charge in [0.05, 0.1) is 37.1 Å².